The summed E-state index contributed by atoms with van der Waals surface area (Å²) >= 11 is 0. The maximum atomic E-state index is 14.3. The molecule has 2 heterocycles. The average molecular weight is 687 g/mol. The first-order chi connectivity index (χ1) is 24.0. The second kappa shape index (κ2) is 12.3. The van der Waals surface area contributed by atoms with E-state index in [-0.39, 0.29) is 17.5 Å². The van der Waals surface area contributed by atoms with Crippen LogP contribution in [0.15, 0.2) is 72.8 Å². The molecule has 10 heteroatoms. The van der Waals surface area contributed by atoms with E-state index in [2.05, 4.69) is 4.90 Å². The van der Waals surface area contributed by atoms with Gasteiger partial charge in [-0.15, -0.1) is 0 Å². The Morgan fingerprint density at radius 3 is 2.60 bits per heavy atom. The van der Waals surface area contributed by atoms with Crippen molar-refractivity contribution in [2.24, 2.45) is 5.92 Å². The van der Waals surface area contributed by atoms with Gasteiger partial charge in [-0.1, -0.05) is 48.5 Å². The molecule has 1 N–H and O–H groups in total. The fourth-order valence-corrected chi connectivity index (χ4v) is 9.41. The summed E-state index contributed by atoms with van der Waals surface area (Å²) in [5.74, 6) is 0.612. The van der Waals surface area contributed by atoms with E-state index in [1.54, 1.807) is 17.0 Å². The van der Waals surface area contributed by atoms with E-state index in [1.165, 1.54) is 38.0 Å². The van der Waals surface area contributed by atoms with E-state index in [4.69, 9.17) is 9.47 Å². The number of amides is 1. The minimum atomic E-state index is -4.50. The van der Waals surface area contributed by atoms with Gasteiger partial charge in [-0.25, -0.2) is 0 Å². The minimum Gasteiger partial charge on any atom is -0.483 e. The van der Waals surface area contributed by atoms with Crippen molar-refractivity contribution < 1.29 is 37.3 Å². The summed E-state index contributed by atoms with van der Waals surface area (Å²) in [5.41, 5.74) is 0.526. The Kier molecular flexibility index (Phi) is 8.10. The van der Waals surface area contributed by atoms with Crippen LogP contribution in [0.4, 0.5) is 13.2 Å². The van der Waals surface area contributed by atoms with Crippen molar-refractivity contribution in [3.8, 4) is 11.5 Å². The number of carbonyl (C=O) groups excluding carboxylic acids is 2. The number of alkyl halides is 3. The molecule has 5 atom stereocenters. The second-order valence-electron chi connectivity index (χ2n) is 14.7. The Bertz CT molecular complexity index is 1840. The fraction of sp³-hybridized carbons (Fsp3) is 0.450. The Morgan fingerprint density at radius 2 is 1.86 bits per heavy atom. The van der Waals surface area contributed by atoms with E-state index in [0.29, 0.717) is 56.1 Å². The summed E-state index contributed by atoms with van der Waals surface area (Å²) in [7, 11) is 0. The summed E-state index contributed by atoms with van der Waals surface area (Å²) in [6.45, 7) is 3.42. The van der Waals surface area contributed by atoms with E-state index >= 15 is 0 Å². The molecule has 3 aliphatic carbocycles. The summed E-state index contributed by atoms with van der Waals surface area (Å²) in [4.78, 5) is 30.8. The van der Waals surface area contributed by atoms with Crippen LogP contribution in [-0.4, -0.2) is 70.2 Å². The molecule has 3 fully saturated rings. The number of benzene rings is 3. The number of likely N-dealkylation sites (tertiary alicyclic amines) is 1. The van der Waals surface area contributed by atoms with Gasteiger partial charge < -0.3 is 19.5 Å². The van der Waals surface area contributed by atoms with Crippen molar-refractivity contribution in [3.63, 3.8) is 0 Å². The van der Waals surface area contributed by atoms with Gasteiger partial charge in [0.2, 0.25) is 5.91 Å². The van der Waals surface area contributed by atoms with Crippen molar-refractivity contribution in [2.45, 2.75) is 87.2 Å². The Morgan fingerprint density at radius 1 is 1.06 bits per heavy atom. The van der Waals surface area contributed by atoms with Crippen LogP contribution >= 0.6 is 0 Å². The SMILES string of the molecule is CC(=O)Oc1ccc2c3c1OC1C(N(CCc4ccccc4)C(=O)/C=C/c4cccc(C(F)(F)F)c4)CC[C@@]4(O)[C@@H](C2)N(CC2CC2)CC[C@]314. The molecular weight excluding hydrogens is 645 g/mol. The third-order valence-electron chi connectivity index (χ3n) is 11.8. The van der Waals surface area contributed by atoms with Gasteiger partial charge in [0.05, 0.1) is 22.6 Å². The van der Waals surface area contributed by atoms with Crippen LogP contribution in [-0.2, 0) is 34.0 Å². The van der Waals surface area contributed by atoms with Crippen LogP contribution < -0.4 is 9.47 Å². The van der Waals surface area contributed by atoms with Crippen LogP contribution in [0.1, 0.15) is 66.8 Å². The van der Waals surface area contributed by atoms with Crippen LogP contribution in [0.2, 0.25) is 0 Å². The number of nitrogens with zero attached hydrogens (tertiary/aromatic N) is 2. The smallest absolute Gasteiger partial charge is 0.416 e. The topological polar surface area (TPSA) is 79.3 Å². The van der Waals surface area contributed by atoms with Crippen LogP contribution in [0.25, 0.3) is 6.08 Å². The van der Waals surface area contributed by atoms with Gasteiger partial charge in [0.1, 0.15) is 6.10 Å². The zero-order chi connectivity index (χ0) is 34.8. The molecule has 2 unspecified atom stereocenters. The zero-order valence-electron chi connectivity index (χ0n) is 28.0. The monoisotopic (exact) mass is 686 g/mol. The highest BCUT2D eigenvalue weighted by Gasteiger charge is 2.73. The molecule has 2 saturated carbocycles. The maximum Gasteiger partial charge on any atom is 0.416 e. The predicted molar refractivity (Wildman–Crippen MR) is 181 cm³/mol. The lowest BCUT2D eigenvalue weighted by molar-refractivity contribution is -0.201. The van der Waals surface area contributed by atoms with Crippen molar-refractivity contribution in [1.82, 2.24) is 9.80 Å². The van der Waals surface area contributed by atoms with E-state index < -0.39 is 40.9 Å². The highest BCUT2D eigenvalue weighted by atomic mass is 19.4. The van der Waals surface area contributed by atoms with Crippen molar-refractivity contribution in [1.29, 1.82) is 0 Å². The van der Waals surface area contributed by atoms with Gasteiger partial charge in [-0.3, -0.25) is 14.5 Å². The van der Waals surface area contributed by atoms with Gasteiger partial charge in [0, 0.05) is 37.7 Å². The number of ether oxygens (including phenoxy) is 2. The standard InChI is InChI=1S/C40H41F3N2O5/c1-25(46)49-32-14-13-29-23-33-39(48)18-16-31(37-38(39,35(29)36(32)50-37)19-21-44(33)24-28-10-11-28)45(20-17-26-6-3-2-4-7-26)34(47)15-12-27-8-5-9-30(22-27)40(41,42)43/h2-9,12-15,22,28,31,33,37,48H,10-11,16-21,23-24H2,1H3/b15-12+/t31?,33-,37?,38+,39-/m1/s1. The Labute approximate surface area is 289 Å². The first kappa shape index (κ1) is 33.0. The zero-order valence-corrected chi connectivity index (χ0v) is 28.0. The van der Waals surface area contributed by atoms with Crippen LogP contribution in [0.3, 0.4) is 0 Å². The molecule has 7 nitrogen and oxygen atoms in total. The Hall–Kier alpha value is -4.15. The van der Waals surface area contributed by atoms with E-state index in [0.717, 1.165) is 41.9 Å². The first-order valence-electron chi connectivity index (χ1n) is 17.7. The molecule has 0 radical (unpaired) electrons. The third kappa shape index (κ3) is 5.51. The van der Waals surface area contributed by atoms with Gasteiger partial charge in [0.15, 0.2) is 11.5 Å². The normalized spacial score (nSPS) is 28.2. The third-order valence-corrected chi connectivity index (χ3v) is 11.8. The summed E-state index contributed by atoms with van der Waals surface area (Å²) in [6, 6.07) is 17.9. The highest BCUT2D eigenvalue weighted by Crippen LogP contribution is 2.66. The van der Waals surface area contributed by atoms with Gasteiger partial charge in [-0.05, 0) is 98.4 Å². The number of carbonyl (C=O) groups is 2. The molecule has 1 saturated heterocycles. The molecule has 3 aromatic carbocycles. The number of piperidine rings is 1. The number of halogens is 3. The molecule has 8 rings (SSSR count). The predicted octanol–water partition coefficient (Wildman–Crippen LogP) is 6.35. The minimum absolute atomic E-state index is 0.115. The lowest BCUT2D eigenvalue weighted by Gasteiger charge is -2.65. The molecule has 5 aliphatic rings. The number of hydrogen-bond donors (Lipinski definition) is 1. The Balaban J connectivity index is 1.19. The first-order valence-corrected chi connectivity index (χ1v) is 17.7. The van der Waals surface area contributed by atoms with Gasteiger partial charge in [0.25, 0.3) is 0 Å². The second-order valence-corrected chi connectivity index (χ2v) is 14.7. The highest BCUT2D eigenvalue weighted by molar-refractivity contribution is 5.92. The lowest BCUT2D eigenvalue weighted by atomic mass is 9.48. The molecule has 2 bridgehead atoms. The molecule has 50 heavy (non-hydrogen) atoms. The van der Waals surface area contributed by atoms with Gasteiger partial charge in [-0.2, -0.15) is 13.2 Å². The van der Waals surface area contributed by atoms with Crippen molar-refractivity contribution >= 4 is 18.0 Å². The number of hydrogen-bond acceptors (Lipinski definition) is 6. The fourth-order valence-electron chi connectivity index (χ4n) is 9.41. The molecule has 2 aliphatic heterocycles. The molecular formula is C40H41F3N2O5. The maximum absolute atomic E-state index is 14.3. The number of rotatable bonds is 9. The van der Waals surface area contributed by atoms with E-state index in [9.17, 15) is 27.9 Å². The van der Waals surface area contributed by atoms with Crippen molar-refractivity contribution in [3.05, 3.63) is 101 Å². The van der Waals surface area contributed by atoms with Crippen LogP contribution in [0.5, 0.6) is 11.5 Å². The average Bonchev–Trinajstić information content (AvgIpc) is 3.83. The van der Waals surface area contributed by atoms with Crippen LogP contribution in [0, 0.1) is 5.92 Å². The largest absolute Gasteiger partial charge is 0.483 e. The van der Waals surface area contributed by atoms with Crippen molar-refractivity contribution in [2.75, 3.05) is 19.6 Å². The molecule has 0 aromatic heterocycles. The van der Waals surface area contributed by atoms with Gasteiger partial charge >= 0.3 is 12.1 Å². The molecule has 3 aromatic rings. The number of esters is 1. The number of aliphatic hydroxyl groups is 1. The quantitative estimate of drug-likeness (QED) is 0.161. The molecule has 1 amide bonds. The lowest BCUT2D eigenvalue weighted by Crippen LogP contribution is -2.78. The molecule has 1 spiro atoms. The molecule has 262 valence electrons. The summed E-state index contributed by atoms with van der Waals surface area (Å²) in [5, 5.41) is 13.0. The summed E-state index contributed by atoms with van der Waals surface area (Å²) < 4.78 is 53.0. The summed E-state index contributed by atoms with van der Waals surface area (Å²) in [6.07, 6.45) is 2.82. The van der Waals surface area contributed by atoms with E-state index in [1.807, 2.05) is 36.4 Å².